The number of furan rings is 1. The molecule has 112 valence electrons. The summed E-state index contributed by atoms with van der Waals surface area (Å²) >= 11 is 0. The van der Waals surface area contributed by atoms with Gasteiger partial charge in [-0.15, -0.1) is 0 Å². The molecule has 0 saturated carbocycles. The summed E-state index contributed by atoms with van der Waals surface area (Å²) in [4.78, 5) is 15.5. The third kappa shape index (κ3) is 2.90. The molecule has 22 heavy (non-hydrogen) atoms. The summed E-state index contributed by atoms with van der Waals surface area (Å²) < 4.78 is 15.8. The van der Waals surface area contributed by atoms with E-state index in [2.05, 4.69) is 10.1 Å². The van der Waals surface area contributed by atoms with Gasteiger partial charge in [-0.1, -0.05) is 5.16 Å². The number of carbonyl (C=O) groups is 1. The topological polar surface area (TPSA) is 78.4 Å². The number of hydrogen-bond acceptors (Lipinski definition) is 6. The van der Waals surface area contributed by atoms with Gasteiger partial charge in [0.05, 0.1) is 11.8 Å². The zero-order valence-corrected chi connectivity index (χ0v) is 12.2. The lowest BCUT2D eigenvalue weighted by molar-refractivity contribution is 0.101. The second-order valence-electron chi connectivity index (χ2n) is 4.85. The number of ether oxygens (including phenoxy) is 1. The van der Waals surface area contributed by atoms with Gasteiger partial charge in [0.15, 0.2) is 12.4 Å². The third-order valence-corrected chi connectivity index (χ3v) is 3.18. The molecule has 0 aliphatic heterocycles. The maximum atomic E-state index is 11.3. The van der Waals surface area contributed by atoms with E-state index in [9.17, 15) is 4.79 Å². The molecule has 0 unspecified atom stereocenters. The molecule has 3 rings (SSSR count). The fourth-order valence-corrected chi connectivity index (χ4v) is 1.99. The van der Waals surface area contributed by atoms with Crippen LogP contribution in [0.5, 0.6) is 5.75 Å². The van der Waals surface area contributed by atoms with Crippen molar-refractivity contribution in [2.24, 2.45) is 0 Å². The summed E-state index contributed by atoms with van der Waals surface area (Å²) in [6.45, 7) is 3.57. The van der Waals surface area contributed by atoms with Crippen molar-refractivity contribution in [1.82, 2.24) is 10.1 Å². The van der Waals surface area contributed by atoms with Crippen molar-refractivity contribution in [2.45, 2.75) is 20.5 Å². The summed E-state index contributed by atoms with van der Waals surface area (Å²) in [6, 6.07) is 7.04. The second-order valence-corrected chi connectivity index (χ2v) is 4.85. The van der Waals surface area contributed by atoms with Gasteiger partial charge in [0, 0.05) is 5.56 Å². The minimum Gasteiger partial charge on any atom is -0.483 e. The summed E-state index contributed by atoms with van der Waals surface area (Å²) in [5, 5.41) is 3.86. The number of aryl methyl sites for hydroxylation is 1. The summed E-state index contributed by atoms with van der Waals surface area (Å²) in [6.07, 6.45) is 3.09. The van der Waals surface area contributed by atoms with Crippen LogP contribution in [-0.2, 0) is 6.61 Å². The number of hydrogen-bond donors (Lipinski definition) is 0. The highest BCUT2D eigenvalue weighted by Gasteiger charge is 2.11. The van der Waals surface area contributed by atoms with Gasteiger partial charge in [0.2, 0.25) is 5.82 Å². The zero-order chi connectivity index (χ0) is 15.5. The summed E-state index contributed by atoms with van der Waals surface area (Å²) in [5.41, 5.74) is 2.28. The average Bonchev–Trinajstić information content (AvgIpc) is 3.16. The number of benzene rings is 1. The van der Waals surface area contributed by atoms with Crippen LogP contribution in [0.2, 0.25) is 0 Å². The quantitative estimate of drug-likeness (QED) is 0.671. The largest absolute Gasteiger partial charge is 0.483 e. The average molecular weight is 298 g/mol. The molecular formula is C16H14N2O4. The zero-order valence-electron chi connectivity index (χ0n) is 12.2. The number of nitrogens with zero attached hydrogens (tertiary/aromatic N) is 2. The molecule has 6 nitrogen and oxygen atoms in total. The molecule has 6 heteroatoms. The Kier molecular flexibility index (Phi) is 3.74. The first-order chi connectivity index (χ1) is 10.6. The molecule has 0 spiro atoms. The van der Waals surface area contributed by atoms with E-state index in [0.29, 0.717) is 23.0 Å². The van der Waals surface area contributed by atoms with Crippen molar-refractivity contribution in [3.05, 3.63) is 53.8 Å². The molecule has 0 fully saturated rings. The Morgan fingerprint density at radius 2 is 2.18 bits per heavy atom. The molecule has 3 aromatic rings. The van der Waals surface area contributed by atoms with Crippen molar-refractivity contribution in [3.63, 3.8) is 0 Å². The maximum absolute atomic E-state index is 11.3. The standard InChI is InChI=1S/C16H14N2O4/c1-10-7-12(11(2)19)3-4-14(10)21-9-15-17-16(18-22-15)13-5-6-20-8-13/h3-8H,9H2,1-2H3. The number of ketones is 1. The Labute approximate surface area is 126 Å². The lowest BCUT2D eigenvalue weighted by Crippen LogP contribution is -1.99. The van der Waals surface area contributed by atoms with Gasteiger partial charge in [-0.3, -0.25) is 4.79 Å². The first-order valence-electron chi connectivity index (χ1n) is 6.73. The van der Waals surface area contributed by atoms with Crippen molar-refractivity contribution in [2.75, 3.05) is 0 Å². The molecule has 0 radical (unpaired) electrons. The SMILES string of the molecule is CC(=O)c1ccc(OCc2nc(-c3ccoc3)no2)c(C)c1. The monoisotopic (exact) mass is 298 g/mol. The van der Waals surface area contributed by atoms with E-state index in [4.69, 9.17) is 13.7 Å². The molecule has 2 heterocycles. The molecule has 0 bridgehead atoms. The highest BCUT2D eigenvalue weighted by atomic mass is 16.5. The number of carbonyl (C=O) groups excluding carboxylic acids is 1. The van der Waals surface area contributed by atoms with Gasteiger partial charge in [-0.25, -0.2) is 0 Å². The van der Waals surface area contributed by atoms with Crippen molar-refractivity contribution in [1.29, 1.82) is 0 Å². The van der Waals surface area contributed by atoms with Gasteiger partial charge < -0.3 is 13.7 Å². The molecule has 2 aromatic heterocycles. The highest BCUT2D eigenvalue weighted by molar-refractivity contribution is 5.94. The van der Waals surface area contributed by atoms with E-state index in [0.717, 1.165) is 11.1 Å². The van der Waals surface area contributed by atoms with Gasteiger partial charge in [0.25, 0.3) is 5.89 Å². The third-order valence-electron chi connectivity index (χ3n) is 3.18. The normalized spacial score (nSPS) is 10.6. The van der Waals surface area contributed by atoms with Crippen molar-refractivity contribution < 1.29 is 18.5 Å². The lowest BCUT2D eigenvalue weighted by atomic mass is 10.1. The van der Waals surface area contributed by atoms with Crippen LogP contribution in [0.4, 0.5) is 0 Å². The Balaban J connectivity index is 1.69. The predicted octanol–water partition coefficient (Wildman–Crippen LogP) is 3.42. The first-order valence-corrected chi connectivity index (χ1v) is 6.73. The molecule has 1 aromatic carbocycles. The van der Waals surface area contributed by atoms with Crippen molar-refractivity contribution >= 4 is 5.78 Å². The molecule has 0 amide bonds. The van der Waals surface area contributed by atoms with Crippen LogP contribution in [0.25, 0.3) is 11.4 Å². The van der Waals surface area contributed by atoms with Crippen LogP contribution in [0, 0.1) is 6.92 Å². The van der Waals surface area contributed by atoms with Gasteiger partial charge >= 0.3 is 0 Å². The first kappa shape index (κ1) is 14.1. The Hall–Kier alpha value is -2.89. The van der Waals surface area contributed by atoms with Crippen LogP contribution in [0.15, 0.2) is 45.7 Å². The summed E-state index contributed by atoms with van der Waals surface area (Å²) in [5.74, 6) is 1.52. The molecule has 0 saturated heterocycles. The molecule has 0 N–H and O–H groups in total. The summed E-state index contributed by atoms with van der Waals surface area (Å²) in [7, 11) is 0. The Morgan fingerprint density at radius 1 is 1.32 bits per heavy atom. The van der Waals surface area contributed by atoms with Crippen LogP contribution >= 0.6 is 0 Å². The van der Waals surface area contributed by atoms with E-state index in [-0.39, 0.29) is 12.4 Å². The molecule has 0 aliphatic rings. The second kappa shape index (κ2) is 5.85. The van der Waals surface area contributed by atoms with E-state index in [1.54, 1.807) is 36.8 Å². The predicted molar refractivity (Wildman–Crippen MR) is 77.5 cm³/mol. The Bertz CT molecular complexity index is 790. The maximum Gasteiger partial charge on any atom is 0.264 e. The molecular weight excluding hydrogens is 284 g/mol. The van der Waals surface area contributed by atoms with Crippen LogP contribution in [-0.4, -0.2) is 15.9 Å². The number of aromatic nitrogens is 2. The number of rotatable bonds is 5. The Morgan fingerprint density at radius 3 is 2.86 bits per heavy atom. The minimum absolute atomic E-state index is 0.0244. The molecule has 0 aliphatic carbocycles. The van der Waals surface area contributed by atoms with E-state index in [1.165, 1.54) is 6.92 Å². The lowest BCUT2D eigenvalue weighted by Gasteiger charge is -2.07. The smallest absolute Gasteiger partial charge is 0.264 e. The van der Waals surface area contributed by atoms with Gasteiger partial charge in [-0.2, -0.15) is 4.98 Å². The van der Waals surface area contributed by atoms with E-state index in [1.807, 2.05) is 6.92 Å². The van der Waals surface area contributed by atoms with Crippen molar-refractivity contribution in [3.8, 4) is 17.1 Å². The van der Waals surface area contributed by atoms with Crippen LogP contribution in [0.1, 0.15) is 28.7 Å². The van der Waals surface area contributed by atoms with E-state index < -0.39 is 0 Å². The van der Waals surface area contributed by atoms with Gasteiger partial charge in [0.1, 0.15) is 12.0 Å². The molecule has 0 atom stereocenters. The van der Waals surface area contributed by atoms with E-state index >= 15 is 0 Å². The minimum atomic E-state index is 0.0244. The fraction of sp³-hybridized carbons (Fsp3) is 0.188. The number of Topliss-reactive ketones (excluding diaryl/α,β-unsaturated/α-hetero) is 1. The fourth-order valence-electron chi connectivity index (χ4n) is 1.99. The van der Waals surface area contributed by atoms with Crippen LogP contribution in [0.3, 0.4) is 0 Å². The van der Waals surface area contributed by atoms with Gasteiger partial charge in [-0.05, 0) is 43.7 Å². The highest BCUT2D eigenvalue weighted by Crippen LogP contribution is 2.21. The van der Waals surface area contributed by atoms with Crippen LogP contribution < -0.4 is 4.74 Å².